The highest BCUT2D eigenvalue weighted by atomic mass is 79.9. The summed E-state index contributed by atoms with van der Waals surface area (Å²) in [6, 6.07) is 4.83. The molecular formula is C12H17Br2NO3S. The van der Waals surface area contributed by atoms with Crippen molar-refractivity contribution in [1.29, 1.82) is 0 Å². The van der Waals surface area contributed by atoms with E-state index >= 15 is 0 Å². The molecule has 0 aliphatic rings. The first kappa shape index (κ1) is 17.1. The van der Waals surface area contributed by atoms with E-state index in [1.54, 1.807) is 12.1 Å². The third kappa shape index (κ3) is 5.51. The van der Waals surface area contributed by atoms with Crippen LogP contribution in [0.2, 0.25) is 0 Å². The van der Waals surface area contributed by atoms with Crippen LogP contribution in [0, 0.1) is 5.92 Å². The van der Waals surface area contributed by atoms with Crippen molar-refractivity contribution in [2.24, 2.45) is 5.92 Å². The second kappa shape index (κ2) is 7.17. The fraction of sp³-hybridized carbons (Fsp3) is 0.500. The van der Waals surface area contributed by atoms with Gasteiger partial charge in [-0.25, -0.2) is 13.1 Å². The van der Waals surface area contributed by atoms with Crippen LogP contribution in [0.3, 0.4) is 0 Å². The lowest BCUT2D eigenvalue weighted by molar-refractivity contribution is 0.152. The van der Waals surface area contributed by atoms with Crippen molar-refractivity contribution in [3.05, 3.63) is 27.1 Å². The van der Waals surface area contributed by atoms with Crippen LogP contribution in [0.1, 0.15) is 20.3 Å². The van der Waals surface area contributed by atoms with Crippen molar-refractivity contribution >= 4 is 41.9 Å². The van der Waals surface area contributed by atoms with E-state index in [-0.39, 0.29) is 11.4 Å². The molecule has 0 fully saturated rings. The molecule has 0 spiro atoms. The molecule has 1 aromatic carbocycles. The molecule has 0 heterocycles. The van der Waals surface area contributed by atoms with E-state index < -0.39 is 16.1 Å². The van der Waals surface area contributed by atoms with Gasteiger partial charge < -0.3 is 5.11 Å². The second-order valence-corrected chi connectivity index (χ2v) is 8.22. The van der Waals surface area contributed by atoms with Gasteiger partial charge in [0, 0.05) is 15.5 Å². The van der Waals surface area contributed by atoms with Gasteiger partial charge in [-0.15, -0.1) is 0 Å². The fourth-order valence-electron chi connectivity index (χ4n) is 1.60. The summed E-state index contributed by atoms with van der Waals surface area (Å²) in [5.74, 6) is 0.318. The monoisotopic (exact) mass is 413 g/mol. The number of halogens is 2. The van der Waals surface area contributed by atoms with Crippen LogP contribution >= 0.6 is 31.9 Å². The van der Waals surface area contributed by atoms with Gasteiger partial charge in [0.1, 0.15) is 0 Å². The summed E-state index contributed by atoms with van der Waals surface area (Å²) < 4.78 is 27.9. The Hall–Kier alpha value is 0.0500. The van der Waals surface area contributed by atoms with Crippen molar-refractivity contribution in [2.45, 2.75) is 31.3 Å². The van der Waals surface area contributed by atoms with Crippen LogP contribution in [-0.2, 0) is 10.0 Å². The molecule has 0 saturated heterocycles. The summed E-state index contributed by atoms with van der Waals surface area (Å²) in [4.78, 5) is 0.160. The minimum absolute atomic E-state index is 0.0169. The molecule has 0 aromatic heterocycles. The predicted octanol–water partition coefficient (Wildman–Crippen LogP) is 2.90. The van der Waals surface area contributed by atoms with E-state index in [4.69, 9.17) is 0 Å². The minimum atomic E-state index is -3.62. The summed E-state index contributed by atoms with van der Waals surface area (Å²) >= 11 is 6.49. The predicted molar refractivity (Wildman–Crippen MR) is 82.5 cm³/mol. The smallest absolute Gasteiger partial charge is 0.241 e. The molecule has 0 saturated carbocycles. The third-order valence-electron chi connectivity index (χ3n) is 2.44. The molecule has 7 heteroatoms. The minimum Gasteiger partial charge on any atom is -0.392 e. The standard InChI is InChI=1S/C12H17Br2NO3S/c1-8(2)5-10(16)7-15-19(17,18)12-4-3-9(13)6-11(12)14/h3-4,6,8,10,15-16H,5,7H2,1-2H3. The molecule has 108 valence electrons. The van der Waals surface area contributed by atoms with E-state index in [1.165, 1.54) is 6.07 Å². The molecule has 0 radical (unpaired) electrons. The van der Waals surface area contributed by atoms with Crippen LogP contribution in [0.15, 0.2) is 32.0 Å². The van der Waals surface area contributed by atoms with Crippen molar-refractivity contribution in [3.8, 4) is 0 Å². The second-order valence-electron chi connectivity index (χ2n) is 4.71. The molecule has 2 N–H and O–H groups in total. The SMILES string of the molecule is CC(C)CC(O)CNS(=O)(=O)c1ccc(Br)cc1Br. The lowest BCUT2D eigenvalue weighted by atomic mass is 10.1. The van der Waals surface area contributed by atoms with E-state index in [1.807, 2.05) is 13.8 Å². The van der Waals surface area contributed by atoms with Gasteiger partial charge in [-0.2, -0.15) is 0 Å². The van der Waals surface area contributed by atoms with Crippen molar-refractivity contribution in [1.82, 2.24) is 4.72 Å². The summed E-state index contributed by atoms with van der Waals surface area (Å²) in [5.41, 5.74) is 0. The van der Waals surface area contributed by atoms with E-state index in [2.05, 4.69) is 36.6 Å². The third-order valence-corrected chi connectivity index (χ3v) is 5.33. The fourth-order valence-corrected chi connectivity index (χ4v) is 4.42. The molecule has 19 heavy (non-hydrogen) atoms. The zero-order valence-corrected chi connectivity index (χ0v) is 14.7. The zero-order chi connectivity index (χ0) is 14.6. The Balaban J connectivity index is 2.76. The number of benzene rings is 1. The topological polar surface area (TPSA) is 66.4 Å². The Morgan fingerprint density at radius 1 is 1.32 bits per heavy atom. The highest BCUT2D eigenvalue weighted by Crippen LogP contribution is 2.25. The Labute approximate surface area is 130 Å². The highest BCUT2D eigenvalue weighted by molar-refractivity contribution is 9.11. The van der Waals surface area contributed by atoms with Crippen molar-refractivity contribution in [2.75, 3.05) is 6.54 Å². The normalized spacial score (nSPS) is 13.8. The number of rotatable bonds is 6. The molecule has 0 aliphatic heterocycles. The molecule has 1 unspecified atom stereocenters. The number of hydrogen-bond donors (Lipinski definition) is 2. The van der Waals surface area contributed by atoms with Crippen LogP contribution in [0.5, 0.6) is 0 Å². The van der Waals surface area contributed by atoms with Gasteiger partial charge >= 0.3 is 0 Å². The molecule has 1 atom stereocenters. The first-order chi connectivity index (χ1) is 8.72. The molecular weight excluding hydrogens is 398 g/mol. The van der Waals surface area contributed by atoms with E-state index in [9.17, 15) is 13.5 Å². The van der Waals surface area contributed by atoms with Crippen molar-refractivity contribution in [3.63, 3.8) is 0 Å². The van der Waals surface area contributed by atoms with Crippen LogP contribution < -0.4 is 4.72 Å². The number of aliphatic hydroxyl groups excluding tert-OH is 1. The zero-order valence-electron chi connectivity index (χ0n) is 10.7. The quantitative estimate of drug-likeness (QED) is 0.751. The van der Waals surface area contributed by atoms with Crippen molar-refractivity contribution < 1.29 is 13.5 Å². The van der Waals surface area contributed by atoms with Crippen LogP contribution in [0.25, 0.3) is 0 Å². The number of nitrogens with one attached hydrogen (secondary N) is 1. The summed E-state index contributed by atoms with van der Waals surface area (Å²) in [6.07, 6.45) is -0.117. The molecule has 1 aromatic rings. The summed E-state index contributed by atoms with van der Waals surface area (Å²) in [6.45, 7) is 3.97. The number of hydrogen-bond acceptors (Lipinski definition) is 3. The van der Waals surface area contributed by atoms with Gasteiger partial charge in [0.25, 0.3) is 0 Å². The van der Waals surface area contributed by atoms with E-state index in [0.29, 0.717) is 16.8 Å². The summed E-state index contributed by atoms with van der Waals surface area (Å²) in [5, 5.41) is 9.70. The Bertz CT molecular complexity index is 532. The van der Waals surface area contributed by atoms with Gasteiger partial charge in [-0.3, -0.25) is 0 Å². The largest absolute Gasteiger partial charge is 0.392 e. The van der Waals surface area contributed by atoms with Crippen LogP contribution in [0.4, 0.5) is 0 Å². The Morgan fingerprint density at radius 2 is 1.95 bits per heavy atom. The summed E-state index contributed by atoms with van der Waals surface area (Å²) in [7, 11) is -3.62. The average Bonchev–Trinajstić information content (AvgIpc) is 2.25. The molecule has 0 bridgehead atoms. The molecule has 4 nitrogen and oxygen atoms in total. The molecule has 1 rings (SSSR count). The van der Waals surface area contributed by atoms with Gasteiger partial charge in [-0.1, -0.05) is 29.8 Å². The highest BCUT2D eigenvalue weighted by Gasteiger charge is 2.19. The van der Waals surface area contributed by atoms with Gasteiger partial charge in [0.05, 0.1) is 11.0 Å². The van der Waals surface area contributed by atoms with Crippen LogP contribution in [-0.4, -0.2) is 26.2 Å². The van der Waals surface area contributed by atoms with Gasteiger partial charge in [0.15, 0.2) is 0 Å². The maximum atomic E-state index is 12.1. The van der Waals surface area contributed by atoms with Gasteiger partial charge in [0.2, 0.25) is 10.0 Å². The Kier molecular flexibility index (Phi) is 6.46. The lowest BCUT2D eigenvalue weighted by Gasteiger charge is -2.14. The first-order valence-electron chi connectivity index (χ1n) is 5.85. The molecule has 0 amide bonds. The maximum Gasteiger partial charge on any atom is 0.241 e. The number of sulfonamides is 1. The number of aliphatic hydroxyl groups is 1. The van der Waals surface area contributed by atoms with Gasteiger partial charge in [-0.05, 0) is 46.5 Å². The molecule has 0 aliphatic carbocycles. The average molecular weight is 415 g/mol. The Morgan fingerprint density at radius 3 is 2.47 bits per heavy atom. The maximum absolute atomic E-state index is 12.1. The first-order valence-corrected chi connectivity index (χ1v) is 8.92. The lowest BCUT2D eigenvalue weighted by Crippen LogP contribution is -2.33. The van der Waals surface area contributed by atoms with E-state index in [0.717, 1.165) is 4.47 Å².